The van der Waals surface area contributed by atoms with Gasteiger partial charge in [-0.2, -0.15) is 0 Å². The van der Waals surface area contributed by atoms with Crippen molar-refractivity contribution in [3.8, 4) is 11.5 Å². The van der Waals surface area contributed by atoms with E-state index >= 15 is 0 Å². The Kier molecular flexibility index (Phi) is 6.86. The highest BCUT2D eigenvalue weighted by Crippen LogP contribution is 2.22. The van der Waals surface area contributed by atoms with Crippen molar-refractivity contribution in [2.75, 3.05) is 0 Å². The number of hydrogen-bond donors (Lipinski definition) is 0. The highest BCUT2D eigenvalue weighted by atomic mass is 32.1. The number of ether oxygens (including phenoxy) is 1. The molecule has 0 radical (unpaired) electrons. The second-order valence-electron chi connectivity index (χ2n) is 5.93. The molecule has 0 bridgehead atoms. The quantitative estimate of drug-likeness (QED) is 0.358. The number of Topliss-reactive ketones (excluding diaryl/α,β-unsaturated/α-hetero) is 1. The Morgan fingerprint density at radius 3 is 2.29 bits per heavy atom. The highest BCUT2D eigenvalue weighted by Gasteiger charge is 2.14. The van der Waals surface area contributed by atoms with Crippen molar-refractivity contribution in [2.45, 2.75) is 32.7 Å². The number of ketones is 1. The molecule has 0 aliphatic heterocycles. The van der Waals surface area contributed by atoms with E-state index in [1.807, 2.05) is 42.5 Å². The number of para-hydroxylation sites is 1. The number of hydrogen-bond acceptors (Lipinski definition) is 4. The fourth-order valence-electron chi connectivity index (χ4n) is 2.37. The minimum atomic E-state index is 0.0483. The fraction of sp³-hybridized carbons (Fsp3) is 0.300. The molecule has 2 rings (SSSR count). The van der Waals surface area contributed by atoms with E-state index in [1.54, 1.807) is 12.1 Å². The van der Waals surface area contributed by atoms with E-state index in [1.165, 1.54) is 0 Å². The van der Waals surface area contributed by atoms with Gasteiger partial charge < -0.3 is 4.74 Å². The van der Waals surface area contributed by atoms with Crippen LogP contribution in [0, 0.1) is 5.92 Å². The molecule has 1 atom stereocenters. The third-order valence-electron chi connectivity index (χ3n) is 3.81. The van der Waals surface area contributed by atoms with Crippen molar-refractivity contribution < 1.29 is 9.53 Å². The second-order valence-corrected chi connectivity index (χ2v) is 6.12. The first-order chi connectivity index (χ1) is 11.6. The van der Waals surface area contributed by atoms with Crippen LogP contribution in [0.25, 0.3) is 0 Å². The van der Waals surface area contributed by atoms with Gasteiger partial charge in [0.15, 0.2) is 5.78 Å². The van der Waals surface area contributed by atoms with Gasteiger partial charge >= 0.3 is 0 Å². The molecule has 0 fully saturated rings. The first-order valence-corrected chi connectivity index (χ1v) is 8.44. The van der Waals surface area contributed by atoms with Gasteiger partial charge in [0, 0.05) is 12.0 Å². The smallest absolute Gasteiger partial charge is 0.162 e. The van der Waals surface area contributed by atoms with Gasteiger partial charge in [-0.05, 0) is 61.0 Å². The molecule has 0 N–H and O–H groups in total. The third-order valence-corrected chi connectivity index (χ3v) is 3.92. The van der Waals surface area contributed by atoms with Gasteiger partial charge in [0.1, 0.15) is 11.5 Å². The Balaban J connectivity index is 1.94. The van der Waals surface area contributed by atoms with Crippen LogP contribution < -0.4 is 4.74 Å². The first-order valence-electron chi connectivity index (χ1n) is 8.03. The molecule has 2 aromatic carbocycles. The summed E-state index contributed by atoms with van der Waals surface area (Å²) in [4.78, 5) is 16.5. The molecule has 124 valence electrons. The summed E-state index contributed by atoms with van der Waals surface area (Å²) in [6.07, 6.45) is 1.13. The van der Waals surface area contributed by atoms with Crippen LogP contribution in [-0.2, 0) is 0 Å². The molecular weight excluding hydrogens is 318 g/mol. The van der Waals surface area contributed by atoms with E-state index < -0.39 is 0 Å². The number of aliphatic imine (C=N–C) groups is 1. The van der Waals surface area contributed by atoms with Crippen LogP contribution in [0.5, 0.6) is 11.5 Å². The molecule has 0 spiro atoms. The minimum absolute atomic E-state index is 0.0483. The van der Waals surface area contributed by atoms with Gasteiger partial charge in [-0.3, -0.25) is 4.79 Å². The zero-order valence-corrected chi connectivity index (χ0v) is 14.8. The molecule has 2 aromatic rings. The lowest BCUT2D eigenvalue weighted by Gasteiger charge is -2.14. The molecule has 3 nitrogen and oxygen atoms in total. The van der Waals surface area contributed by atoms with Crippen molar-refractivity contribution in [3.05, 3.63) is 60.2 Å². The molecule has 0 heterocycles. The van der Waals surface area contributed by atoms with E-state index in [2.05, 4.69) is 36.2 Å². The number of carbonyl (C=O) groups excluding carboxylic acids is 1. The van der Waals surface area contributed by atoms with E-state index in [4.69, 9.17) is 4.74 Å². The Morgan fingerprint density at radius 1 is 1.08 bits per heavy atom. The maximum absolute atomic E-state index is 12.3. The summed E-state index contributed by atoms with van der Waals surface area (Å²) in [6.45, 7) is 4.14. The maximum Gasteiger partial charge on any atom is 0.162 e. The third kappa shape index (κ3) is 5.41. The summed E-state index contributed by atoms with van der Waals surface area (Å²) in [5.74, 6) is 1.93. The molecule has 1 unspecified atom stereocenters. The molecule has 0 aromatic heterocycles. The zero-order valence-electron chi connectivity index (χ0n) is 13.9. The van der Waals surface area contributed by atoms with E-state index in [0.717, 1.165) is 5.75 Å². The molecule has 0 aliphatic rings. The van der Waals surface area contributed by atoms with Crippen molar-refractivity contribution in [1.29, 1.82) is 0 Å². The Hall–Kier alpha value is -2.29. The number of benzene rings is 2. The predicted octanol–water partition coefficient (Wildman–Crippen LogP) is 5.57. The van der Waals surface area contributed by atoms with Crippen LogP contribution in [0.2, 0.25) is 0 Å². The predicted molar refractivity (Wildman–Crippen MR) is 100 cm³/mol. The number of carbonyl (C=O) groups is 1. The van der Waals surface area contributed by atoms with Gasteiger partial charge in [-0.15, -0.1) is 0 Å². The SMILES string of the molecule is CC(C)C(CCC(=O)c1ccc(Oc2ccccc2)cc1)N=C=S. The molecule has 24 heavy (non-hydrogen) atoms. The van der Waals surface area contributed by atoms with E-state index in [0.29, 0.717) is 30.1 Å². The largest absolute Gasteiger partial charge is 0.457 e. The van der Waals surface area contributed by atoms with Gasteiger partial charge in [-0.25, -0.2) is 4.99 Å². The van der Waals surface area contributed by atoms with Crippen molar-refractivity contribution in [3.63, 3.8) is 0 Å². The Morgan fingerprint density at radius 2 is 1.71 bits per heavy atom. The number of thiocarbonyl (C=S) groups is 1. The average Bonchev–Trinajstić information content (AvgIpc) is 2.59. The molecule has 4 heteroatoms. The van der Waals surface area contributed by atoms with Crippen LogP contribution in [0.3, 0.4) is 0 Å². The standard InChI is InChI=1S/C20H21NO2S/c1-15(2)19(21-14-24)12-13-20(22)16-8-10-18(11-9-16)23-17-6-4-3-5-7-17/h3-11,15,19H,12-13H2,1-2H3. The lowest BCUT2D eigenvalue weighted by molar-refractivity contribution is 0.0976. The molecular formula is C20H21NO2S. The highest BCUT2D eigenvalue weighted by molar-refractivity contribution is 7.78. The van der Waals surface area contributed by atoms with Crippen LogP contribution in [0.4, 0.5) is 0 Å². The fourth-order valence-corrected chi connectivity index (χ4v) is 2.51. The van der Waals surface area contributed by atoms with Crippen LogP contribution >= 0.6 is 12.2 Å². The first kappa shape index (κ1) is 18.1. The number of nitrogens with zero attached hydrogens (tertiary/aromatic N) is 1. The van der Waals surface area contributed by atoms with Gasteiger partial charge in [0.05, 0.1) is 11.2 Å². The lowest BCUT2D eigenvalue weighted by atomic mass is 9.97. The topological polar surface area (TPSA) is 38.7 Å². The molecule has 0 aliphatic carbocycles. The molecule has 0 saturated heterocycles. The summed E-state index contributed by atoms with van der Waals surface area (Å²) in [5.41, 5.74) is 0.684. The summed E-state index contributed by atoms with van der Waals surface area (Å²) in [7, 11) is 0. The molecule has 0 amide bonds. The van der Waals surface area contributed by atoms with E-state index in [-0.39, 0.29) is 11.8 Å². The maximum atomic E-state index is 12.3. The normalized spacial score (nSPS) is 11.6. The summed E-state index contributed by atoms with van der Waals surface area (Å²) in [6, 6.07) is 16.8. The Bertz CT molecular complexity index is 704. The van der Waals surface area contributed by atoms with Crippen LogP contribution in [-0.4, -0.2) is 17.0 Å². The summed E-state index contributed by atoms with van der Waals surface area (Å²) in [5, 5.41) is 2.42. The van der Waals surface area contributed by atoms with Gasteiger partial charge in [-0.1, -0.05) is 32.0 Å². The zero-order chi connectivity index (χ0) is 17.4. The lowest BCUT2D eigenvalue weighted by Crippen LogP contribution is -2.14. The van der Waals surface area contributed by atoms with Crippen LogP contribution in [0.1, 0.15) is 37.0 Å². The van der Waals surface area contributed by atoms with Gasteiger partial charge in [0.25, 0.3) is 0 Å². The van der Waals surface area contributed by atoms with Crippen molar-refractivity contribution in [1.82, 2.24) is 0 Å². The summed E-state index contributed by atoms with van der Waals surface area (Å²) >= 11 is 4.67. The summed E-state index contributed by atoms with van der Waals surface area (Å²) < 4.78 is 5.73. The Labute approximate surface area is 148 Å². The number of isothiocyanates is 1. The van der Waals surface area contributed by atoms with E-state index in [9.17, 15) is 4.79 Å². The van der Waals surface area contributed by atoms with Crippen molar-refractivity contribution in [2.24, 2.45) is 10.9 Å². The average molecular weight is 339 g/mol. The van der Waals surface area contributed by atoms with Gasteiger partial charge in [0.2, 0.25) is 0 Å². The monoisotopic (exact) mass is 339 g/mol. The second kappa shape index (κ2) is 9.11. The van der Waals surface area contributed by atoms with Crippen molar-refractivity contribution >= 4 is 23.2 Å². The van der Waals surface area contributed by atoms with Crippen LogP contribution in [0.15, 0.2) is 59.6 Å². The number of rotatable bonds is 8. The molecule has 0 saturated carbocycles. The minimum Gasteiger partial charge on any atom is -0.457 e.